The second-order valence-electron chi connectivity index (χ2n) is 9.52. The molecule has 1 aliphatic heterocycles. The summed E-state index contributed by atoms with van der Waals surface area (Å²) in [5.41, 5.74) is 4.22. The molecule has 9 heteroatoms. The first-order valence-electron chi connectivity index (χ1n) is 12.3. The predicted octanol–water partition coefficient (Wildman–Crippen LogP) is 4.56. The molecule has 7 rings (SSSR count). The van der Waals surface area contributed by atoms with Gasteiger partial charge in [0.25, 0.3) is 0 Å². The molecule has 0 saturated heterocycles. The Morgan fingerprint density at radius 3 is 2.55 bits per heavy atom. The molecule has 0 saturated carbocycles. The van der Waals surface area contributed by atoms with Crippen molar-refractivity contribution in [1.29, 1.82) is 0 Å². The van der Waals surface area contributed by atoms with Gasteiger partial charge < -0.3 is 14.4 Å². The lowest BCUT2D eigenvalue weighted by Crippen LogP contribution is -2.51. The minimum atomic E-state index is -1.10. The molecule has 4 heterocycles. The third-order valence-electron chi connectivity index (χ3n) is 7.27. The van der Waals surface area contributed by atoms with Gasteiger partial charge in [-0.15, -0.1) is 5.10 Å². The van der Waals surface area contributed by atoms with E-state index in [4.69, 9.17) is 9.40 Å². The summed E-state index contributed by atoms with van der Waals surface area (Å²) in [5.74, 6) is 0.0983. The average molecular weight is 507 g/mol. The highest BCUT2D eigenvalue weighted by Crippen LogP contribution is 2.45. The van der Waals surface area contributed by atoms with Gasteiger partial charge in [0, 0.05) is 29.7 Å². The van der Waals surface area contributed by atoms with Crippen molar-refractivity contribution < 1.29 is 8.81 Å². The summed E-state index contributed by atoms with van der Waals surface area (Å²) in [5, 5.41) is 9.36. The molecule has 3 N–H and O–H groups in total. The van der Waals surface area contributed by atoms with E-state index in [-0.39, 0.29) is 17.7 Å². The minimum Gasteiger partial charge on any atom is -0.389 e. The summed E-state index contributed by atoms with van der Waals surface area (Å²) >= 11 is 0. The van der Waals surface area contributed by atoms with Gasteiger partial charge in [-0.25, -0.2) is 14.2 Å². The lowest BCUT2D eigenvalue weighted by Gasteiger charge is -2.39. The molecule has 0 radical (unpaired) electrons. The molecule has 0 spiro atoms. The van der Waals surface area contributed by atoms with Gasteiger partial charge >= 0.3 is 5.76 Å². The topological polar surface area (TPSA) is 105 Å². The van der Waals surface area contributed by atoms with E-state index < -0.39 is 11.3 Å². The fraction of sp³-hybridized carbons (Fsp3) is 0.138. The molecule has 8 nitrogen and oxygen atoms in total. The van der Waals surface area contributed by atoms with Gasteiger partial charge in [0.1, 0.15) is 11.6 Å². The van der Waals surface area contributed by atoms with Gasteiger partial charge in [0.05, 0.1) is 17.4 Å². The number of nitrogens with zero attached hydrogens (tertiary/aromatic N) is 3. The highest BCUT2D eigenvalue weighted by Gasteiger charge is 2.50. The fourth-order valence-corrected chi connectivity index (χ4v) is 5.48. The molecule has 3 aromatic carbocycles. The normalized spacial score (nSPS) is 19.1. The Labute approximate surface area is 216 Å². The molecule has 0 aliphatic carbocycles. The quantitative estimate of drug-likeness (QED) is 0.325. The molecule has 6 aromatic rings. The molecule has 2 atom stereocenters. The van der Waals surface area contributed by atoms with Crippen LogP contribution in [0.5, 0.6) is 0 Å². The van der Waals surface area contributed by atoms with Gasteiger partial charge in [-0.05, 0) is 47.9 Å². The van der Waals surface area contributed by atoms with E-state index >= 15 is 0 Å². The number of halogens is 1. The number of aromatic nitrogens is 5. The molecule has 3 aromatic heterocycles. The summed E-state index contributed by atoms with van der Waals surface area (Å²) in [6, 6.07) is 23.9. The van der Waals surface area contributed by atoms with Crippen LogP contribution >= 0.6 is 0 Å². The van der Waals surface area contributed by atoms with Crippen molar-refractivity contribution in [3.05, 3.63) is 130 Å². The Hall–Kier alpha value is -4.76. The van der Waals surface area contributed by atoms with Gasteiger partial charge in [-0.2, -0.15) is 4.68 Å². The summed E-state index contributed by atoms with van der Waals surface area (Å²) < 4.78 is 20.5. The first-order valence-corrected chi connectivity index (χ1v) is 12.3. The van der Waals surface area contributed by atoms with Crippen LogP contribution in [-0.4, -0.2) is 24.7 Å². The van der Waals surface area contributed by atoms with Crippen LogP contribution in [0.25, 0.3) is 22.2 Å². The van der Waals surface area contributed by atoms with Crippen LogP contribution < -0.4 is 11.1 Å². The lowest BCUT2D eigenvalue weighted by molar-refractivity contribution is 0.284. The van der Waals surface area contributed by atoms with Crippen molar-refractivity contribution in [2.24, 2.45) is 7.05 Å². The van der Waals surface area contributed by atoms with Crippen LogP contribution in [0.1, 0.15) is 34.6 Å². The Bertz CT molecular complexity index is 1830. The van der Waals surface area contributed by atoms with E-state index in [9.17, 15) is 9.18 Å². The van der Waals surface area contributed by atoms with Gasteiger partial charge in [-0.3, -0.25) is 5.32 Å². The number of para-hydroxylation sites is 1. The van der Waals surface area contributed by atoms with Crippen LogP contribution in [0.2, 0.25) is 0 Å². The molecule has 2 unspecified atom stereocenters. The molecular formula is C29H23FN6O2. The third-order valence-corrected chi connectivity index (χ3v) is 7.27. The summed E-state index contributed by atoms with van der Waals surface area (Å²) in [6.45, 7) is 0. The van der Waals surface area contributed by atoms with Crippen molar-refractivity contribution in [1.82, 2.24) is 30.0 Å². The number of rotatable bonds is 4. The summed E-state index contributed by atoms with van der Waals surface area (Å²) in [4.78, 5) is 24.3. The van der Waals surface area contributed by atoms with Crippen molar-refractivity contribution >= 4 is 10.9 Å². The summed E-state index contributed by atoms with van der Waals surface area (Å²) in [6.07, 6.45) is 2.45. The first kappa shape index (κ1) is 22.4. The number of fused-ring (bicyclic) bond motifs is 3. The highest BCUT2D eigenvalue weighted by molar-refractivity contribution is 5.86. The number of nitrogens with one attached hydrogen (secondary N) is 3. The van der Waals surface area contributed by atoms with E-state index in [0.29, 0.717) is 17.9 Å². The number of imidazole rings is 1. The Morgan fingerprint density at radius 1 is 1.03 bits per heavy atom. The van der Waals surface area contributed by atoms with Crippen LogP contribution in [-0.2, 0) is 19.0 Å². The second-order valence-corrected chi connectivity index (χ2v) is 9.52. The molecule has 0 bridgehead atoms. The number of aryl methyl sites for hydroxylation is 1. The zero-order chi connectivity index (χ0) is 25.9. The molecule has 188 valence electrons. The Balaban J connectivity index is 1.46. The smallest absolute Gasteiger partial charge is 0.389 e. The SMILES string of the molecule is Cn1nc(C2(c3ccccc3)NC(c3nc(-c4ccc(F)cc4)c[nH]3)Cc3c2[nH]c2ccccc32)oc1=O. The number of hydrogen-bond acceptors (Lipinski definition) is 5. The van der Waals surface area contributed by atoms with Crippen LogP contribution in [0.15, 0.2) is 94.3 Å². The Morgan fingerprint density at radius 2 is 1.79 bits per heavy atom. The van der Waals surface area contributed by atoms with Gasteiger partial charge in [0.15, 0.2) is 5.54 Å². The number of aromatic amines is 2. The van der Waals surface area contributed by atoms with Crippen LogP contribution in [0, 0.1) is 5.82 Å². The van der Waals surface area contributed by atoms with Crippen LogP contribution in [0.4, 0.5) is 4.39 Å². The van der Waals surface area contributed by atoms with Crippen molar-refractivity contribution in [3.8, 4) is 11.3 Å². The number of benzene rings is 3. The molecule has 38 heavy (non-hydrogen) atoms. The van der Waals surface area contributed by atoms with E-state index in [1.54, 1.807) is 19.2 Å². The maximum atomic E-state index is 13.5. The largest absolute Gasteiger partial charge is 0.436 e. The first-order chi connectivity index (χ1) is 18.5. The van der Waals surface area contributed by atoms with Gasteiger partial charge in [0.2, 0.25) is 5.89 Å². The summed E-state index contributed by atoms with van der Waals surface area (Å²) in [7, 11) is 1.57. The third kappa shape index (κ3) is 3.36. The number of H-pyrrole nitrogens is 2. The molecule has 0 fully saturated rings. The lowest BCUT2D eigenvalue weighted by atomic mass is 9.78. The monoisotopic (exact) mass is 506 g/mol. The number of hydrogen-bond donors (Lipinski definition) is 3. The zero-order valence-corrected chi connectivity index (χ0v) is 20.4. The van der Waals surface area contributed by atoms with E-state index in [1.165, 1.54) is 16.8 Å². The average Bonchev–Trinajstić information content (AvgIpc) is 3.67. The van der Waals surface area contributed by atoms with Crippen molar-refractivity contribution in [2.45, 2.75) is 18.0 Å². The maximum Gasteiger partial charge on any atom is 0.436 e. The molecular weight excluding hydrogens is 483 g/mol. The van der Waals surface area contributed by atoms with E-state index in [2.05, 4.69) is 26.4 Å². The predicted molar refractivity (Wildman–Crippen MR) is 140 cm³/mol. The fourth-order valence-electron chi connectivity index (χ4n) is 5.48. The van der Waals surface area contributed by atoms with E-state index in [1.807, 2.05) is 54.7 Å². The minimum absolute atomic E-state index is 0.235. The second kappa shape index (κ2) is 8.39. The van der Waals surface area contributed by atoms with Crippen LogP contribution in [0.3, 0.4) is 0 Å². The standard InChI is InChI=1S/C29H23FN6O2/c1-36-28(37)38-27(35-36)29(18-7-3-2-4-8-18)25-21(20-9-5-6-10-22(20)32-25)15-23(34-29)26-31-16-24(33-26)17-11-13-19(30)14-12-17/h2-14,16,23,32,34H,15H2,1H3,(H,31,33). The maximum absolute atomic E-state index is 13.5. The van der Waals surface area contributed by atoms with Crippen molar-refractivity contribution in [2.75, 3.05) is 0 Å². The van der Waals surface area contributed by atoms with Crippen molar-refractivity contribution in [3.63, 3.8) is 0 Å². The Kier molecular flexibility index (Phi) is 4.95. The molecule has 0 amide bonds. The highest BCUT2D eigenvalue weighted by atomic mass is 19.1. The van der Waals surface area contributed by atoms with Gasteiger partial charge in [-0.1, -0.05) is 48.5 Å². The van der Waals surface area contributed by atoms with E-state index in [0.717, 1.165) is 33.3 Å². The zero-order valence-electron chi connectivity index (χ0n) is 20.4. The molecule has 1 aliphatic rings.